The molecule has 0 radical (unpaired) electrons. The monoisotopic (exact) mass is 272 g/mol. The van der Waals surface area contributed by atoms with Crippen molar-refractivity contribution in [2.75, 3.05) is 0 Å². The predicted molar refractivity (Wildman–Crippen MR) is 80.9 cm³/mol. The van der Waals surface area contributed by atoms with Crippen molar-refractivity contribution in [2.24, 2.45) is 0 Å². The number of aryl methyl sites for hydroxylation is 2. The Hall–Kier alpha value is -1.12. The normalized spacial score (nSPS) is 20.1. The van der Waals surface area contributed by atoms with Crippen molar-refractivity contribution in [3.8, 4) is 0 Å². The van der Waals surface area contributed by atoms with Gasteiger partial charge in [-0.3, -0.25) is 0 Å². The van der Waals surface area contributed by atoms with E-state index in [0.29, 0.717) is 0 Å². The summed E-state index contributed by atoms with van der Waals surface area (Å²) in [7, 11) is 0. The van der Waals surface area contributed by atoms with Crippen LogP contribution >= 0.6 is 11.3 Å². The average Bonchev–Trinajstić information content (AvgIpc) is 2.89. The number of aliphatic hydroxyl groups is 1. The topological polar surface area (TPSA) is 20.2 Å². The van der Waals surface area contributed by atoms with E-state index in [0.717, 1.165) is 12.0 Å². The van der Waals surface area contributed by atoms with Crippen LogP contribution in [0.5, 0.6) is 0 Å². The Morgan fingerprint density at radius 1 is 1.26 bits per heavy atom. The third-order valence-corrected chi connectivity index (χ3v) is 5.44. The van der Waals surface area contributed by atoms with E-state index in [4.69, 9.17) is 0 Å². The van der Waals surface area contributed by atoms with E-state index in [-0.39, 0.29) is 12.0 Å². The van der Waals surface area contributed by atoms with Crippen LogP contribution in [0.2, 0.25) is 0 Å². The summed E-state index contributed by atoms with van der Waals surface area (Å²) in [5.74, 6) is 0.274. The van der Waals surface area contributed by atoms with E-state index < -0.39 is 0 Å². The van der Waals surface area contributed by atoms with Gasteiger partial charge >= 0.3 is 0 Å². The molecule has 0 bridgehead atoms. The lowest BCUT2D eigenvalue weighted by atomic mass is 9.80. The second-order valence-electron chi connectivity index (χ2n) is 5.53. The summed E-state index contributed by atoms with van der Waals surface area (Å²) in [5.41, 5.74) is 4.98. The van der Waals surface area contributed by atoms with Gasteiger partial charge < -0.3 is 5.11 Å². The number of thiophene rings is 1. The maximum atomic E-state index is 10.8. The van der Waals surface area contributed by atoms with Gasteiger partial charge in [-0.05, 0) is 66.8 Å². The molecule has 0 aliphatic heterocycles. The van der Waals surface area contributed by atoms with Crippen molar-refractivity contribution < 1.29 is 5.11 Å². The van der Waals surface area contributed by atoms with E-state index in [1.807, 2.05) is 11.3 Å². The molecule has 2 aromatic rings. The van der Waals surface area contributed by atoms with E-state index in [1.54, 1.807) is 0 Å². The third-order valence-electron chi connectivity index (χ3n) is 4.44. The van der Waals surface area contributed by atoms with Crippen LogP contribution in [0.3, 0.4) is 0 Å². The molecule has 1 aromatic heterocycles. The summed E-state index contributed by atoms with van der Waals surface area (Å²) in [6.45, 7) is 4.23. The molecule has 1 nitrogen and oxygen atoms in total. The highest BCUT2D eigenvalue weighted by Crippen LogP contribution is 2.43. The first kappa shape index (κ1) is 12.9. The lowest BCUT2D eigenvalue weighted by molar-refractivity contribution is 0.135. The summed E-state index contributed by atoms with van der Waals surface area (Å²) in [6.07, 6.45) is 3.11. The minimum absolute atomic E-state index is 0.274. The highest BCUT2D eigenvalue weighted by Gasteiger charge is 2.29. The minimum atomic E-state index is -0.367. The maximum absolute atomic E-state index is 10.8. The van der Waals surface area contributed by atoms with Crippen LogP contribution in [0, 0.1) is 13.8 Å². The van der Waals surface area contributed by atoms with Gasteiger partial charge in [-0.2, -0.15) is 0 Å². The van der Waals surface area contributed by atoms with Crippen LogP contribution in [0.4, 0.5) is 0 Å². The Kier molecular flexibility index (Phi) is 3.46. The molecule has 1 aliphatic rings. The molecular formula is C17H20OS. The first-order chi connectivity index (χ1) is 9.18. The Morgan fingerprint density at radius 3 is 2.95 bits per heavy atom. The van der Waals surface area contributed by atoms with Gasteiger partial charge in [-0.25, -0.2) is 0 Å². The van der Waals surface area contributed by atoms with Crippen molar-refractivity contribution in [1.29, 1.82) is 0 Å². The molecule has 0 saturated carbocycles. The highest BCUT2D eigenvalue weighted by molar-refractivity contribution is 7.10. The van der Waals surface area contributed by atoms with Gasteiger partial charge in [0.2, 0.25) is 0 Å². The molecule has 0 spiro atoms. The number of aliphatic hydroxyl groups excluding tert-OH is 1. The molecule has 0 saturated heterocycles. The molecule has 0 amide bonds. The summed E-state index contributed by atoms with van der Waals surface area (Å²) >= 11 is 1.84. The largest absolute Gasteiger partial charge is 0.388 e. The average molecular weight is 272 g/mol. The summed E-state index contributed by atoms with van der Waals surface area (Å²) in [6, 6.07) is 8.45. The van der Waals surface area contributed by atoms with Crippen molar-refractivity contribution in [3.63, 3.8) is 0 Å². The molecule has 3 rings (SSSR count). The molecular weight excluding hydrogens is 252 g/mol. The molecule has 2 atom stereocenters. The quantitative estimate of drug-likeness (QED) is 0.852. The van der Waals surface area contributed by atoms with Crippen molar-refractivity contribution >= 4 is 11.3 Å². The van der Waals surface area contributed by atoms with Crippen LogP contribution in [0.15, 0.2) is 29.6 Å². The number of fused-ring (bicyclic) bond motifs is 1. The lowest BCUT2D eigenvalue weighted by Gasteiger charge is -2.28. The molecule has 2 heteroatoms. The van der Waals surface area contributed by atoms with Gasteiger partial charge in [0.25, 0.3) is 0 Å². The molecule has 1 aromatic carbocycles. The molecule has 1 aliphatic carbocycles. The third kappa shape index (κ3) is 2.24. The van der Waals surface area contributed by atoms with E-state index >= 15 is 0 Å². The Morgan fingerprint density at radius 2 is 2.11 bits per heavy atom. The van der Waals surface area contributed by atoms with Gasteiger partial charge in [0.1, 0.15) is 0 Å². The predicted octanol–water partition coefficient (Wildman–Crippen LogP) is 4.52. The fraction of sp³-hybridized carbons (Fsp3) is 0.412. The van der Waals surface area contributed by atoms with Crippen LogP contribution in [-0.2, 0) is 6.42 Å². The summed E-state index contributed by atoms with van der Waals surface area (Å²) in [4.78, 5) is 1.47. The minimum Gasteiger partial charge on any atom is -0.388 e. The Balaban J connectivity index is 1.98. The van der Waals surface area contributed by atoms with E-state index in [1.165, 1.54) is 34.4 Å². The van der Waals surface area contributed by atoms with Crippen LogP contribution in [0.1, 0.15) is 52.0 Å². The number of benzene rings is 1. The Labute approximate surface area is 118 Å². The molecule has 0 fully saturated rings. The van der Waals surface area contributed by atoms with Crippen LogP contribution in [-0.4, -0.2) is 5.11 Å². The number of hydrogen-bond acceptors (Lipinski definition) is 2. The Bertz CT molecular complexity index is 585. The highest BCUT2D eigenvalue weighted by atomic mass is 32.1. The van der Waals surface area contributed by atoms with Crippen LogP contribution < -0.4 is 0 Å². The SMILES string of the molecule is Cc1cccc(C(O)C2CCCc3sccc32)c1C. The van der Waals surface area contributed by atoms with Crippen molar-refractivity contribution in [2.45, 2.75) is 45.1 Å². The van der Waals surface area contributed by atoms with Gasteiger partial charge in [0.05, 0.1) is 6.10 Å². The second-order valence-corrected chi connectivity index (χ2v) is 6.53. The van der Waals surface area contributed by atoms with Gasteiger partial charge in [-0.15, -0.1) is 11.3 Å². The van der Waals surface area contributed by atoms with Crippen molar-refractivity contribution in [1.82, 2.24) is 0 Å². The lowest BCUT2D eigenvalue weighted by Crippen LogP contribution is -2.16. The molecule has 1 heterocycles. The molecule has 1 N–H and O–H groups in total. The van der Waals surface area contributed by atoms with Gasteiger partial charge in [0, 0.05) is 10.8 Å². The fourth-order valence-corrected chi connectivity index (χ4v) is 4.16. The standard InChI is InChI=1S/C17H20OS/c1-11-5-3-6-13(12(11)2)17(18)15-7-4-8-16-14(15)9-10-19-16/h3,5-6,9-10,15,17-18H,4,7-8H2,1-2H3. The zero-order valence-corrected chi connectivity index (χ0v) is 12.3. The van der Waals surface area contributed by atoms with E-state index in [9.17, 15) is 5.11 Å². The zero-order chi connectivity index (χ0) is 13.4. The van der Waals surface area contributed by atoms with Crippen molar-refractivity contribution in [3.05, 3.63) is 56.8 Å². The molecule has 19 heavy (non-hydrogen) atoms. The summed E-state index contributed by atoms with van der Waals surface area (Å²) in [5, 5.41) is 13.0. The fourth-order valence-electron chi connectivity index (χ4n) is 3.16. The van der Waals surface area contributed by atoms with Crippen LogP contribution in [0.25, 0.3) is 0 Å². The number of hydrogen-bond donors (Lipinski definition) is 1. The van der Waals surface area contributed by atoms with Gasteiger partial charge in [0.15, 0.2) is 0 Å². The summed E-state index contributed by atoms with van der Waals surface area (Å²) < 4.78 is 0. The maximum Gasteiger partial charge on any atom is 0.0861 e. The first-order valence-electron chi connectivity index (χ1n) is 6.99. The number of rotatable bonds is 2. The van der Waals surface area contributed by atoms with Gasteiger partial charge in [-0.1, -0.05) is 18.2 Å². The van der Waals surface area contributed by atoms with E-state index in [2.05, 4.69) is 43.5 Å². The molecule has 2 unspecified atom stereocenters. The zero-order valence-electron chi connectivity index (χ0n) is 11.5. The molecule has 100 valence electrons. The smallest absolute Gasteiger partial charge is 0.0861 e. The first-order valence-corrected chi connectivity index (χ1v) is 7.87. The second kappa shape index (κ2) is 5.10.